The van der Waals surface area contributed by atoms with E-state index in [0.29, 0.717) is 6.54 Å². The lowest BCUT2D eigenvalue weighted by molar-refractivity contribution is 0.619. The molecule has 2 aromatic rings. The summed E-state index contributed by atoms with van der Waals surface area (Å²) in [6, 6.07) is 4.83. The van der Waals surface area contributed by atoms with E-state index in [1.54, 1.807) is 12.1 Å². The summed E-state index contributed by atoms with van der Waals surface area (Å²) in [5.74, 6) is -0.387. The number of hydrogen-bond donors (Lipinski definition) is 1. The van der Waals surface area contributed by atoms with Gasteiger partial charge in [-0.2, -0.15) is 5.10 Å². The van der Waals surface area contributed by atoms with E-state index >= 15 is 0 Å². The van der Waals surface area contributed by atoms with Crippen molar-refractivity contribution in [2.75, 3.05) is 7.05 Å². The molecule has 3 nitrogen and oxygen atoms in total. The number of hydrogen-bond acceptors (Lipinski definition) is 2. The average Bonchev–Trinajstić information content (AvgIpc) is 2.80. The molecule has 5 heteroatoms. The van der Waals surface area contributed by atoms with E-state index in [-0.39, 0.29) is 10.8 Å². The zero-order chi connectivity index (χ0) is 15.4. The molecule has 0 saturated heterocycles. The van der Waals surface area contributed by atoms with Crippen molar-refractivity contribution in [1.82, 2.24) is 15.1 Å². The minimum Gasteiger partial charge on any atom is -0.316 e. The normalized spacial score (nSPS) is 11.1. The van der Waals surface area contributed by atoms with Crippen molar-refractivity contribution in [3.8, 4) is 0 Å². The van der Waals surface area contributed by atoms with Crippen molar-refractivity contribution in [2.45, 2.75) is 39.8 Å². The van der Waals surface area contributed by atoms with E-state index in [2.05, 4.69) is 19.2 Å². The molecule has 1 heterocycles. The molecular weight excluding hydrogens is 289 g/mol. The van der Waals surface area contributed by atoms with E-state index in [9.17, 15) is 4.39 Å². The zero-order valence-corrected chi connectivity index (χ0v) is 13.5. The molecule has 0 fully saturated rings. The lowest BCUT2D eigenvalue weighted by Crippen LogP contribution is -2.10. The fraction of sp³-hybridized carbons (Fsp3) is 0.438. The second-order valence-corrected chi connectivity index (χ2v) is 5.42. The van der Waals surface area contributed by atoms with E-state index < -0.39 is 0 Å². The zero-order valence-electron chi connectivity index (χ0n) is 12.7. The number of rotatable bonds is 6. The number of benzene rings is 1. The van der Waals surface area contributed by atoms with Crippen molar-refractivity contribution in [3.05, 3.63) is 51.6 Å². The van der Waals surface area contributed by atoms with Gasteiger partial charge in [0.25, 0.3) is 0 Å². The summed E-state index contributed by atoms with van der Waals surface area (Å²) in [5, 5.41) is 8.06. The Morgan fingerprint density at radius 3 is 2.62 bits per heavy atom. The highest BCUT2D eigenvalue weighted by atomic mass is 35.5. The van der Waals surface area contributed by atoms with Gasteiger partial charge in [-0.15, -0.1) is 0 Å². The predicted molar refractivity (Wildman–Crippen MR) is 84.3 cm³/mol. The molecule has 21 heavy (non-hydrogen) atoms. The van der Waals surface area contributed by atoms with Crippen LogP contribution in [0.1, 0.15) is 36.4 Å². The molecule has 1 aromatic heterocycles. The molecule has 0 aliphatic rings. The summed E-state index contributed by atoms with van der Waals surface area (Å²) in [6.45, 7) is 5.67. The number of nitrogens with one attached hydrogen (secondary N) is 1. The van der Waals surface area contributed by atoms with Gasteiger partial charge in [-0.3, -0.25) is 4.68 Å². The van der Waals surface area contributed by atoms with Crippen molar-refractivity contribution < 1.29 is 4.39 Å². The molecular formula is C16H21ClFN3. The second-order valence-electron chi connectivity index (χ2n) is 5.02. The summed E-state index contributed by atoms with van der Waals surface area (Å²) in [7, 11) is 1.94. The molecule has 0 aliphatic carbocycles. The SMILES string of the molecule is CCc1nn(Cc2ccc(F)c(Cl)c2)c(CC)c1CNC. The molecule has 0 saturated carbocycles. The number of nitrogens with zero attached hydrogens (tertiary/aromatic N) is 2. The van der Waals surface area contributed by atoms with Gasteiger partial charge < -0.3 is 5.32 Å². The summed E-state index contributed by atoms with van der Waals surface area (Å²) in [6.07, 6.45) is 1.82. The molecule has 0 radical (unpaired) electrons. The Morgan fingerprint density at radius 2 is 2.05 bits per heavy atom. The quantitative estimate of drug-likeness (QED) is 0.884. The van der Waals surface area contributed by atoms with Crippen molar-refractivity contribution >= 4 is 11.6 Å². The molecule has 0 aliphatic heterocycles. The van der Waals surface area contributed by atoms with Crippen LogP contribution in [-0.2, 0) is 25.9 Å². The third kappa shape index (κ3) is 3.44. The molecule has 0 spiro atoms. The van der Waals surface area contributed by atoms with Crippen molar-refractivity contribution in [1.29, 1.82) is 0 Å². The Labute approximate surface area is 130 Å². The Balaban J connectivity index is 2.36. The van der Waals surface area contributed by atoms with Gasteiger partial charge in [0.05, 0.1) is 17.3 Å². The van der Waals surface area contributed by atoms with Crippen LogP contribution in [0.25, 0.3) is 0 Å². The Bertz CT molecular complexity index is 622. The first-order valence-electron chi connectivity index (χ1n) is 7.26. The highest BCUT2D eigenvalue weighted by Crippen LogP contribution is 2.20. The molecule has 1 aromatic carbocycles. The molecule has 0 atom stereocenters. The van der Waals surface area contributed by atoms with Gasteiger partial charge >= 0.3 is 0 Å². The van der Waals surface area contributed by atoms with Crippen LogP contribution in [-0.4, -0.2) is 16.8 Å². The maximum Gasteiger partial charge on any atom is 0.141 e. The van der Waals surface area contributed by atoms with Gasteiger partial charge in [-0.1, -0.05) is 31.5 Å². The molecule has 0 unspecified atom stereocenters. The summed E-state index contributed by atoms with van der Waals surface area (Å²) in [5.41, 5.74) is 4.57. The Kier molecular flexibility index (Phi) is 5.37. The van der Waals surface area contributed by atoms with Crippen molar-refractivity contribution in [2.24, 2.45) is 0 Å². The number of aryl methyl sites for hydroxylation is 1. The Morgan fingerprint density at radius 1 is 1.29 bits per heavy atom. The summed E-state index contributed by atoms with van der Waals surface area (Å²) in [4.78, 5) is 0. The molecule has 114 valence electrons. The van der Waals surface area contributed by atoms with Gasteiger partial charge in [-0.05, 0) is 37.6 Å². The fourth-order valence-corrected chi connectivity index (χ4v) is 2.79. The lowest BCUT2D eigenvalue weighted by atomic mass is 10.1. The van der Waals surface area contributed by atoms with Crippen LogP contribution >= 0.6 is 11.6 Å². The predicted octanol–water partition coefficient (Wildman–Crippen LogP) is 3.57. The van der Waals surface area contributed by atoms with Crippen LogP contribution in [0.3, 0.4) is 0 Å². The highest BCUT2D eigenvalue weighted by molar-refractivity contribution is 6.30. The van der Waals surface area contributed by atoms with Crippen LogP contribution in [0.5, 0.6) is 0 Å². The molecule has 0 amide bonds. The smallest absolute Gasteiger partial charge is 0.141 e. The Hall–Kier alpha value is -1.39. The van der Waals surface area contributed by atoms with Crippen LogP contribution in [0.15, 0.2) is 18.2 Å². The summed E-state index contributed by atoms with van der Waals surface area (Å²) >= 11 is 5.85. The minimum absolute atomic E-state index is 0.156. The molecule has 0 bridgehead atoms. The molecule has 2 rings (SSSR count). The standard InChI is InChI=1S/C16H21ClFN3/c1-4-15-12(9-19-3)16(5-2)21(20-15)10-11-6-7-14(18)13(17)8-11/h6-8,19H,4-5,9-10H2,1-3H3. The van der Waals surface area contributed by atoms with Gasteiger partial charge in [0.2, 0.25) is 0 Å². The van der Waals surface area contributed by atoms with Crippen LogP contribution in [0, 0.1) is 5.82 Å². The third-order valence-electron chi connectivity index (χ3n) is 3.59. The number of halogens is 2. The van der Waals surface area contributed by atoms with Crippen LogP contribution in [0.2, 0.25) is 5.02 Å². The fourth-order valence-electron chi connectivity index (χ4n) is 2.59. The summed E-state index contributed by atoms with van der Waals surface area (Å²) < 4.78 is 15.3. The maximum absolute atomic E-state index is 13.2. The van der Waals surface area contributed by atoms with Crippen LogP contribution < -0.4 is 5.32 Å². The highest BCUT2D eigenvalue weighted by Gasteiger charge is 2.15. The van der Waals surface area contributed by atoms with E-state index in [1.807, 2.05) is 11.7 Å². The van der Waals surface area contributed by atoms with Gasteiger partial charge in [-0.25, -0.2) is 4.39 Å². The first kappa shape index (κ1) is 16.0. The lowest BCUT2D eigenvalue weighted by Gasteiger charge is -2.08. The monoisotopic (exact) mass is 309 g/mol. The van der Waals surface area contributed by atoms with Crippen molar-refractivity contribution in [3.63, 3.8) is 0 Å². The largest absolute Gasteiger partial charge is 0.316 e. The first-order chi connectivity index (χ1) is 10.1. The minimum atomic E-state index is -0.387. The van der Waals surface area contributed by atoms with E-state index in [0.717, 1.165) is 30.6 Å². The second kappa shape index (κ2) is 7.05. The first-order valence-corrected chi connectivity index (χ1v) is 7.64. The van der Waals surface area contributed by atoms with Gasteiger partial charge in [0.15, 0.2) is 0 Å². The van der Waals surface area contributed by atoms with Crippen LogP contribution in [0.4, 0.5) is 4.39 Å². The average molecular weight is 310 g/mol. The molecule has 1 N–H and O–H groups in total. The third-order valence-corrected chi connectivity index (χ3v) is 3.88. The van der Waals surface area contributed by atoms with Gasteiger partial charge in [0.1, 0.15) is 5.82 Å². The topological polar surface area (TPSA) is 29.9 Å². The van der Waals surface area contributed by atoms with Gasteiger partial charge in [0, 0.05) is 17.8 Å². The van der Waals surface area contributed by atoms with E-state index in [1.165, 1.54) is 17.3 Å². The number of aromatic nitrogens is 2. The van der Waals surface area contributed by atoms with E-state index in [4.69, 9.17) is 16.7 Å². The maximum atomic E-state index is 13.2.